The van der Waals surface area contributed by atoms with Crippen molar-refractivity contribution in [1.29, 1.82) is 0 Å². The second-order valence-electron chi connectivity index (χ2n) is 6.09. The molecule has 2 N–H and O–H groups in total. The summed E-state index contributed by atoms with van der Waals surface area (Å²) in [5, 5.41) is 6.01. The lowest BCUT2D eigenvalue weighted by molar-refractivity contribution is -0.137. The minimum Gasteiger partial charge on any atom is -0.492 e. The Labute approximate surface area is 157 Å². The second-order valence-corrected chi connectivity index (χ2v) is 6.09. The fourth-order valence-corrected chi connectivity index (χ4v) is 2.90. The molecule has 1 fully saturated rings. The Bertz CT molecular complexity index is 573. The number of halogens is 4. The maximum atomic E-state index is 12.7. The van der Waals surface area contributed by atoms with Crippen molar-refractivity contribution in [2.75, 3.05) is 40.0 Å². The summed E-state index contributed by atoms with van der Waals surface area (Å²) < 4.78 is 48.5. The number of nitrogens with one attached hydrogen (secondary N) is 2. The molecule has 0 aliphatic carbocycles. The number of piperidine rings is 1. The van der Waals surface area contributed by atoms with Gasteiger partial charge in [0.25, 0.3) is 0 Å². The van der Waals surface area contributed by atoms with E-state index in [1.165, 1.54) is 12.1 Å². The Morgan fingerprint density at radius 1 is 1.31 bits per heavy atom. The molecule has 0 atom stereocenters. The maximum Gasteiger partial charge on any atom is 0.416 e. The van der Waals surface area contributed by atoms with E-state index in [1.54, 1.807) is 7.11 Å². The van der Waals surface area contributed by atoms with Crippen LogP contribution in [0.15, 0.2) is 24.3 Å². The molecule has 1 aliphatic rings. The third kappa shape index (κ3) is 6.03. The maximum absolute atomic E-state index is 12.7. The molecule has 0 bridgehead atoms. The minimum atomic E-state index is -4.41. The van der Waals surface area contributed by atoms with Crippen LogP contribution in [0, 0.1) is 5.41 Å². The Balaban J connectivity index is 0.00000338. The lowest BCUT2D eigenvalue weighted by Gasteiger charge is -2.35. The molecule has 0 aromatic heterocycles. The highest BCUT2D eigenvalue weighted by Gasteiger charge is 2.39. The quantitative estimate of drug-likeness (QED) is 0.696. The van der Waals surface area contributed by atoms with Crippen LogP contribution in [0.25, 0.3) is 0 Å². The zero-order valence-electron chi connectivity index (χ0n) is 14.5. The van der Waals surface area contributed by atoms with Gasteiger partial charge in [0.05, 0.1) is 24.1 Å². The first-order valence-electron chi connectivity index (χ1n) is 8.15. The second kappa shape index (κ2) is 9.99. The van der Waals surface area contributed by atoms with Crippen LogP contribution in [0.2, 0.25) is 0 Å². The predicted molar refractivity (Wildman–Crippen MR) is 93.6 cm³/mol. The Morgan fingerprint density at radius 3 is 2.62 bits per heavy atom. The summed E-state index contributed by atoms with van der Waals surface area (Å²) in [5.74, 6) is 0.0148. The molecule has 1 saturated heterocycles. The van der Waals surface area contributed by atoms with Crippen molar-refractivity contribution < 1.29 is 27.4 Å². The van der Waals surface area contributed by atoms with Crippen LogP contribution in [0.3, 0.4) is 0 Å². The van der Waals surface area contributed by atoms with Gasteiger partial charge in [-0.15, -0.1) is 12.4 Å². The summed E-state index contributed by atoms with van der Waals surface area (Å²) in [4.78, 5) is 12.5. The molecule has 0 saturated carbocycles. The number of carbonyl (C=O) groups excluding carboxylic acids is 1. The van der Waals surface area contributed by atoms with Crippen molar-refractivity contribution in [3.8, 4) is 5.75 Å². The number of methoxy groups -OCH3 is 1. The standard InChI is InChI=1S/C17H23F3N2O3.ClH/c1-24-12-16(5-7-21-8-6-16)15(23)22-9-10-25-14-4-2-3-13(11-14)17(18,19)20;/h2-4,11,21H,5-10,12H2,1H3,(H,22,23);1H. The molecule has 1 aromatic rings. The van der Waals surface area contributed by atoms with E-state index in [-0.39, 0.29) is 37.2 Å². The highest BCUT2D eigenvalue weighted by Crippen LogP contribution is 2.31. The lowest BCUT2D eigenvalue weighted by Crippen LogP contribution is -2.50. The number of benzene rings is 1. The van der Waals surface area contributed by atoms with E-state index >= 15 is 0 Å². The third-order valence-corrected chi connectivity index (χ3v) is 4.28. The SMILES string of the molecule is COCC1(C(=O)NCCOc2cccc(C(F)(F)F)c2)CCNCC1.Cl. The van der Waals surface area contributed by atoms with Crippen LogP contribution in [0.1, 0.15) is 18.4 Å². The first kappa shape index (κ1) is 22.5. The molecular weight excluding hydrogens is 373 g/mol. The van der Waals surface area contributed by atoms with Crippen LogP contribution < -0.4 is 15.4 Å². The monoisotopic (exact) mass is 396 g/mol. The van der Waals surface area contributed by atoms with E-state index in [0.717, 1.165) is 25.2 Å². The van der Waals surface area contributed by atoms with Crippen molar-refractivity contribution >= 4 is 18.3 Å². The first-order valence-corrected chi connectivity index (χ1v) is 8.15. The van der Waals surface area contributed by atoms with Crippen LogP contribution in [0.4, 0.5) is 13.2 Å². The van der Waals surface area contributed by atoms with E-state index in [1.807, 2.05) is 0 Å². The number of carbonyl (C=O) groups is 1. The molecular formula is C17H24ClF3N2O3. The zero-order chi connectivity index (χ0) is 18.3. The normalized spacial score (nSPS) is 16.5. The Morgan fingerprint density at radius 2 is 2.00 bits per heavy atom. The van der Waals surface area contributed by atoms with Gasteiger partial charge < -0.3 is 20.1 Å². The summed E-state index contributed by atoms with van der Waals surface area (Å²) in [7, 11) is 1.56. The van der Waals surface area contributed by atoms with Gasteiger partial charge in [0.15, 0.2) is 0 Å². The Kier molecular flexibility index (Phi) is 8.66. The van der Waals surface area contributed by atoms with Gasteiger partial charge in [-0.05, 0) is 44.1 Å². The number of rotatable bonds is 7. The van der Waals surface area contributed by atoms with E-state index in [4.69, 9.17) is 9.47 Å². The van der Waals surface area contributed by atoms with E-state index in [2.05, 4.69) is 10.6 Å². The zero-order valence-corrected chi connectivity index (χ0v) is 15.3. The van der Waals surface area contributed by atoms with Crippen molar-refractivity contribution in [3.63, 3.8) is 0 Å². The number of alkyl halides is 3. The van der Waals surface area contributed by atoms with Gasteiger partial charge in [-0.25, -0.2) is 0 Å². The highest BCUT2D eigenvalue weighted by molar-refractivity contribution is 5.85. The molecule has 2 rings (SSSR count). The molecule has 9 heteroatoms. The first-order chi connectivity index (χ1) is 11.9. The van der Waals surface area contributed by atoms with Crippen LogP contribution in [-0.2, 0) is 15.7 Å². The van der Waals surface area contributed by atoms with Crippen LogP contribution >= 0.6 is 12.4 Å². The average molecular weight is 397 g/mol. The van der Waals surface area contributed by atoms with E-state index < -0.39 is 17.2 Å². The molecule has 1 aliphatic heterocycles. The number of ether oxygens (including phenoxy) is 2. The molecule has 0 spiro atoms. The average Bonchev–Trinajstić information content (AvgIpc) is 2.59. The molecule has 1 amide bonds. The summed E-state index contributed by atoms with van der Waals surface area (Å²) in [6.45, 7) is 2.15. The van der Waals surface area contributed by atoms with Gasteiger partial charge in [-0.2, -0.15) is 13.2 Å². The molecule has 0 radical (unpaired) electrons. The van der Waals surface area contributed by atoms with Gasteiger partial charge in [-0.1, -0.05) is 6.07 Å². The summed E-state index contributed by atoms with van der Waals surface area (Å²) >= 11 is 0. The van der Waals surface area contributed by atoms with Crippen LogP contribution in [0.5, 0.6) is 5.75 Å². The van der Waals surface area contributed by atoms with Crippen molar-refractivity contribution in [2.45, 2.75) is 19.0 Å². The fourth-order valence-electron chi connectivity index (χ4n) is 2.90. The van der Waals surface area contributed by atoms with Gasteiger partial charge in [0.1, 0.15) is 12.4 Å². The molecule has 1 heterocycles. The summed E-state index contributed by atoms with van der Waals surface area (Å²) in [6, 6.07) is 4.68. The van der Waals surface area contributed by atoms with Gasteiger partial charge in [-0.3, -0.25) is 4.79 Å². The smallest absolute Gasteiger partial charge is 0.416 e. The molecule has 26 heavy (non-hydrogen) atoms. The number of hydrogen-bond donors (Lipinski definition) is 2. The van der Waals surface area contributed by atoms with Gasteiger partial charge >= 0.3 is 6.18 Å². The summed E-state index contributed by atoms with van der Waals surface area (Å²) in [6.07, 6.45) is -3.04. The van der Waals surface area contributed by atoms with E-state index in [9.17, 15) is 18.0 Å². The topological polar surface area (TPSA) is 59.6 Å². The van der Waals surface area contributed by atoms with Crippen molar-refractivity contribution in [1.82, 2.24) is 10.6 Å². The van der Waals surface area contributed by atoms with Crippen molar-refractivity contribution in [3.05, 3.63) is 29.8 Å². The molecule has 0 unspecified atom stereocenters. The summed E-state index contributed by atoms with van der Waals surface area (Å²) in [5.41, 5.74) is -1.32. The minimum absolute atomic E-state index is 0. The van der Waals surface area contributed by atoms with Gasteiger partial charge in [0, 0.05) is 7.11 Å². The fraction of sp³-hybridized carbons (Fsp3) is 0.588. The number of amides is 1. The largest absolute Gasteiger partial charge is 0.492 e. The number of hydrogen-bond acceptors (Lipinski definition) is 4. The lowest BCUT2D eigenvalue weighted by atomic mass is 9.78. The molecule has 5 nitrogen and oxygen atoms in total. The van der Waals surface area contributed by atoms with E-state index in [0.29, 0.717) is 19.4 Å². The van der Waals surface area contributed by atoms with Crippen LogP contribution in [-0.4, -0.2) is 45.9 Å². The van der Waals surface area contributed by atoms with Crippen molar-refractivity contribution in [2.24, 2.45) is 5.41 Å². The molecule has 1 aromatic carbocycles. The van der Waals surface area contributed by atoms with Gasteiger partial charge in [0.2, 0.25) is 5.91 Å². The highest BCUT2D eigenvalue weighted by atomic mass is 35.5. The third-order valence-electron chi connectivity index (χ3n) is 4.28. The molecule has 148 valence electrons. The Hall–Kier alpha value is -1.51. The predicted octanol–water partition coefficient (Wildman–Crippen LogP) is 2.64.